The first-order valence-corrected chi connectivity index (χ1v) is 13.5. The lowest BCUT2D eigenvalue weighted by Gasteiger charge is -2.42. The van der Waals surface area contributed by atoms with Crippen LogP contribution in [0.15, 0.2) is 121 Å². The predicted molar refractivity (Wildman–Crippen MR) is 164 cm³/mol. The Morgan fingerprint density at radius 3 is 2.23 bits per heavy atom. The van der Waals surface area contributed by atoms with Crippen molar-refractivity contribution in [2.75, 3.05) is 9.80 Å². The van der Waals surface area contributed by atoms with E-state index in [4.69, 9.17) is 9.97 Å². The van der Waals surface area contributed by atoms with E-state index in [9.17, 15) is 5.11 Å². The third-order valence-corrected chi connectivity index (χ3v) is 7.45. The third-order valence-electron chi connectivity index (χ3n) is 7.45. The molecule has 0 saturated heterocycles. The molecule has 0 radical (unpaired) electrons. The maximum atomic E-state index is 10.5. The first-order chi connectivity index (χ1) is 19.6. The molecule has 5 nitrogen and oxygen atoms in total. The van der Waals surface area contributed by atoms with E-state index < -0.39 is 0 Å². The fourth-order valence-electron chi connectivity index (χ4n) is 5.63. The Labute approximate surface area is 233 Å². The lowest BCUT2D eigenvalue weighted by atomic mass is 10.0. The summed E-state index contributed by atoms with van der Waals surface area (Å²) in [7, 11) is 0. The second kappa shape index (κ2) is 9.54. The van der Waals surface area contributed by atoms with E-state index in [2.05, 4.69) is 103 Å². The van der Waals surface area contributed by atoms with Crippen molar-refractivity contribution in [1.82, 2.24) is 9.97 Å². The highest BCUT2D eigenvalue weighted by Gasteiger charge is 2.31. The average molecular weight is 521 g/mol. The zero-order valence-electron chi connectivity index (χ0n) is 22.4. The van der Waals surface area contributed by atoms with Gasteiger partial charge in [0.2, 0.25) is 0 Å². The molecule has 6 aromatic rings. The van der Waals surface area contributed by atoms with Gasteiger partial charge in [-0.05, 0) is 73.5 Å². The molecule has 0 unspecified atom stereocenters. The van der Waals surface area contributed by atoms with E-state index >= 15 is 0 Å². The van der Waals surface area contributed by atoms with Crippen molar-refractivity contribution in [2.45, 2.75) is 19.9 Å². The molecule has 0 atom stereocenters. The van der Waals surface area contributed by atoms with Gasteiger partial charge in [-0.15, -0.1) is 0 Å². The van der Waals surface area contributed by atoms with Crippen LogP contribution < -0.4 is 9.80 Å². The zero-order valence-corrected chi connectivity index (χ0v) is 22.4. The minimum absolute atomic E-state index is 0.181. The molecule has 40 heavy (non-hydrogen) atoms. The van der Waals surface area contributed by atoms with Gasteiger partial charge < -0.3 is 10.0 Å². The van der Waals surface area contributed by atoms with Crippen LogP contribution in [0.25, 0.3) is 33.3 Å². The molecule has 1 aliphatic heterocycles. The van der Waals surface area contributed by atoms with Crippen LogP contribution in [0, 0.1) is 0 Å². The fourth-order valence-corrected chi connectivity index (χ4v) is 5.63. The van der Waals surface area contributed by atoms with Crippen molar-refractivity contribution in [3.8, 4) is 28.1 Å². The van der Waals surface area contributed by atoms with Crippen molar-refractivity contribution in [2.24, 2.45) is 0 Å². The fraction of sp³-hybridized carbons (Fsp3) is 0.0857. The van der Waals surface area contributed by atoms with Crippen LogP contribution in [0.5, 0.6) is 5.75 Å². The number of aromatic hydroxyl groups is 1. The van der Waals surface area contributed by atoms with Gasteiger partial charge in [0.05, 0.1) is 28.4 Å². The highest BCUT2D eigenvalue weighted by Crippen LogP contribution is 2.52. The van der Waals surface area contributed by atoms with E-state index in [-0.39, 0.29) is 11.8 Å². The van der Waals surface area contributed by atoms with Crippen LogP contribution in [0.3, 0.4) is 0 Å². The van der Waals surface area contributed by atoms with E-state index in [0.717, 1.165) is 56.3 Å². The molecule has 0 amide bonds. The molecule has 4 aromatic carbocycles. The minimum atomic E-state index is 0.181. The molecule has 5 heteroatoms. The number of pyridine rings is 2. The summed E-state index contributed by atoms with van der Waals surface area (Å²) in [5.41, 5.74) is 8.97. The molecular formula is C35H28N4O. The summed E-state index contributed by atoms with van der Waals surface area (Å²) in [6.07, 6.45) is 1.88. The van der Waals surface area contributed by atoms with Gasteiger partial charge >= 0.3 is 0 Å². The van der Waals surface area contributed by atoms with E-state index in [1.165, 1.54) is 0 Å². The van der Waals surface area contributed by atoms with Crippen molar-refractivity contribution >= 4 is 39.5 Å². The molecule has 3 heterocycles. The number of aromatic nitrogens is 2. The Bertz CT molecular complexity index is 1870. The lowest BCUT2D eigenvalue weighted by molar-refractivity contribution is 0.480. The molecule has 0 saturated carbocycles. The molecular weight excluding hydrogens is 492 g/mol. The Kier molecular flexibility index (Phi) is 5.71. The summed E-state index contributed by atoms with van der Waals surface area (Å²) in [6, 6.07) is 39.3. The number of benzene rings is 4. The van der Waals surface area contributed by atoms with Gasteiger partial charge in [-0.2, -0.15) is 0 Å². The number of nitrogens with zero attached hydrogens (tertiary/aromatic N) is 4. The largest absolute Gasteiger partial charge is 0.506 e. The molecule has 0 aliphatic carbocycles. The van der Waals surface area contributed by atoms with E-state index in [1.807, 2.05) is 36.5 Å². The Balaban J connectivity index is 1.44. The number of hydrogen-bond donors (Lipinski definition) is 1. The molecule has 0 fully saturated rings. The predicted octanol–water partition coefficient (Wildman–Crippen LogP) is 9.00. The number of para-hydroxylation sites is 3. The summed E-state index contributed by atoms with van der Waals surface area (Å²) in [5.74, 6) is 1.03. The van der Waals surface area contributed by atoms with Gasteiger partial charge in [-0.3, -0.25) is 4.90 Å². The van der Waals surface area contributed by atoms with Crippen molar-refractivity contribution < 1.29 is 5.11 Å². The quantitative estimate of drug-likeness (QED) is 0.251. The van der Waals surface area contributed by atoms with Crippen LogP contribution in [0.2, 0.25) is 0 Å². The first-order valence-electron chi connectivity index (χ1n) is 13.5. The molecule has 194 valence electrons. The summed E-state index contributed by atoms with van der Waals surface area (Å²) in [6.45, 7) is 4.43. The highest BCUT2D eigenvalue weighted by molar-refractivity contribution is 5.99. The standard InChI is InChI=1S/C35H28N4O/c1-23(2)38-29-12-6-7-13-30(29)39(34-22-26(19-20-36-34)24-9-4-3-5-10-24)32-21-27(16-18-31(32)38)28-17-15-25-11-8-14-33(40)35(25)37-28/h3-23,40H,1-2H3. The molecule has 1 aliphatic rings. The number of phenols is 1. The van der Waals surface area contributed by atoms with Gasteiger partial charge in [0.25, 0.3) is 0 Å². The van der Waals surface area contributed by atoms with E-state index in [1.54, 1.807) is 6.07 Å². The average Bonchev–Trinajstić information content (AvgIpc) is 3.00. The second-order valence-electron chi connectivity index (χ2n) is 10.3. The number of rotatable bonds is 4. The van der Waals surface area contributed by atoms with Gasteiger partial charge in [-0.1, -0.05) is 66.7 Å². The molecule has 0 bridgehead atoms. The number of fused-ring (bicyclic) bond motifs is 3. The zero-order chi connectivity index (χ0) is 27.2. The third kappa shape index (κ3) is 3.95. The monoisotopic (exact) mass is 520 g/mol. The SMILES string of the molecule is CC(C)N1c2ccccc2N(c2cc(-c3ccccc3)ccn2)c2cc(-c3ccc4cccc(O)c4n3)ccc21. The number of anilines is 5. The van der Waals surface area contributed by atoms with E-state index in [0.29, 0.717) is 5.52 Å². The maximum Gasteiger partial charge on any atom is 0.141 e. The molecule has 7 rings (SSSR count). The van der Waals surface area contributed by atoms with Crippen LogP contribution >= 0.6 is 0 Å². The molecule has 0 spiro atoms. The Morgan fingerprint density at radius 2 is 1.40 bits per heavy atom. The van der Waals surface area contributed by atoms with Crippen LogP contribution in [0.1, 0.15) is 13.8 Å². The van der Waals surface area contributed by atoms with Crippen LogP contribution in [-0.4, -0.2) is 21.1 Å². The summed E-state index contributed by atoms with van der Waals surface area (Å²) in [4.78, 5) is 14.3. The Hall–Kier alpha value is -5.16. The minimum Gasteiger partial charge on any atom is -0.506 e. The topological polar surface area (TPSA) is 52.5 Å². The van der Waals surface area contributed by atoms with Gasteiger partial charge in [0.1, 0.15) is 17.1 Å². The highest BCUT2D eigenvalue weighted by atomic mass is 16.3. The van der Waals surface area contributed by atoms with Gasteiger partial charge in [-0.25, -0.2) is 9.97 Å². The lowest BCUT2D eigenvalue weighted by Crippen LogP contribution is -2.32. The molecule has 2 aromatic heterocycles. The van der Waals surface area contributed by atoms with Crippen molar-refractivity contribution in [3.63, 3.8) is 0 Å². The molecule has 1 N–H and O–H groups in total. The van der Waals surface area contributed by atoms with Crippen molar-refractivity contribution in [3.05, 3.63) is 121 Å². The number of hydrogen-bond acceptors (Lipinski definition) is 5. The smallest absolute Gasteiger partial charge is 0.141 e. The normalized spacial score (nSPS) is 12.5. The van der Waals surface area contributed by atoms with Crippen molar-refractivity contribution in [1.29, 1.82) is 0 Å². The Morgan fingerprint density at radius 1 is 0.625 bits per heavy atom. The number of phenolic OH excluding ortho intramolecular Hbond substituents is 1. The van der Waals surface area contributed by atoms with Crippen LogP contribution in [0.4, 0.5) is 28.6 Å². The first kappa shape index (κ1) is 23.9. The summed E-state index contributed by atoms with van der Waals surface area (Å²) < 4.78 is 0. The van der Waals surface area contributed by atoms with Gasteiger partial charge in [0.15, 0.2) is 0 Å². The summed E-state index contributed by atoms with van der Waals surface area (Å²) in [5, 5.41) is 11.4. The summed E-state index contributed by atoms with van der Waals surface area (Å²) >= 11 is 0. The van der Waals surface area contributed by atoms with Gasteiger partial charge in [0, 0.05) is 23.2 Å². The second-order valence-corrected chi connectivity index (χ2v) is 10.3. The van der Waals surface area contributed by atoms with Crippen LogP contribution in [-0.2, 0) is 0 Å². The maximum absolute atomic E-state index is 10.5.